The first kappa shape index (κ1) is 14.6. The molecule has 0 fully saturated rings. The fourth-order valence-electron chi connectivity index (χ4n) is 1.41. The van der Waals surface area contributed by atoms with Crippen LogP contribution in [0.25, 0.3) is 0 Å². The molecule has 1 atom stereocenters. The maximum absolute atomic E-state index is 11.6. The number of carboxylic acid groups (broad SMARTS) is 1. The smallest absolute Gasteiger partial charge is 0.305 e. The molecule has 0 aliphatic heterocycles. The Labute approximate surface area is 111 Å². The van der Waals surface area contributed by atoms with Crippen molar-refractivity contribution in [2.45, 2.75) is 31.2 Å². The molecule has 1 aromatic carbocycles. The largest absolute Gasteiger partial charge is 0.481 e. The molecule has 1 amide bonds. The van der Waals surface area contributed by atoms with E-state index in [0.29, 0.717) is 5.75 Å². The molecule has 0 aliphatic rings. The molecule has 0 saturated carbocycles. The number of nitrogens with one attached hydrogen (secondary N) is 1. The summed E-state index contributed by atoms with van der Waals surface area (Å²) in [4.78, 5) is 23.0. The molecule has 0 heterocycles. The molecule has 0 bridgehead atoms. The highest BCUT2D eigenvalue weighted by Gasteiger charge is 2.10. The average molecular weight is 267 g/mol. The van der Waals surface area contributed by atoms with E-state index in [1.807, 2.05) is 31.2 Å². The summed E-state index contributed by atoms with van der Waals surface area (Å²) < 4.78 is 0. The van der Waals surface area contributed by atoms with Crippen molar-refractivity contribution in [3.8, 4) is 0 Å². The van der Waals surface area contributed by atoms with Gasteiger partial charge >= 0.3 is 5.97 Å². The number of amides is 1. The van der Waals surface area contributed by atoms with Crippen molar-refractivity contribution >= 4 is 23.6 Å². The van der Waals surface area contributed by atoms with Crippen LogP contribution in [-0.2, 0) is 9.59 Å². The predicted octanol–water partition coefficient (Wildman–Crippen LogP) is 2.07. The van der Waals surface area contributed by atoms with Crippen molar-refractivity contribution in [3.63, 3.8) is 0 Å². The number of rotatable bonds is 6. The zero-order chi connectivity index (χ0) is 13.5. The van der Waals surface area contributed by atoms with Gasteiger partial charge in [0.25, 0.3) is 0 Å². The van der Waals surface area contributed by atoms with Gasteiger partial charge in [-0.1, -0.05) is 17.7 Å². The summed E-state index contributed by atoms with van der Waals surface area (Å²) in [7, 11) is 0. The molecule has 4 nitrogen and oxygen atoms in total. The lowest BCUT2D eigenvalue weighted by Crippen LogP contribution is -2.35. The third kappa shape index (κ3) is 5.72. The molecular formula is C13H17NO3S. The molecule has 0 radical (unpaired) electrons. The van der Waals surface area contributed by atoms with E-state index in [2.05, 4.69) is 5.32 Å². The summed E-state index contributed by atoms with van der Waals surface area (Å²) in [6.45, 7) is 3.69. The minimum Gasteiger partial charge on any atom is -0.481 e. The van der Waals surface area contributed by atoms with Crippen LogP contribution in [0.15, 0.2) is 29.2 Å². The van der Waals surface area contributed by atoms with Gasteiger partial charge in [-0.15, -0.1) is 11.8 Å². The summed E-state index contributed by atoms with van der Waals surface area (Å²) in [6, 6.07) is 7.58. The number of thioether (sulfide) groups is 1. The fraction of sp³-hybridized carbons (Fsp3) is 0.385. The Kier molecular flexibility index (Phi) is 5.71. The van der Waals surface area contributed by atoms with Gasteiger partial charge < -0.3 is 10.4 Å². The lowest BCUT2D eigenvalue weighted by Gasteiger charge is -2.11. The number of hydrogen-bond donors (Lipinski definition) is 2. The molecule has 0 unspecified atom stereocenters. The maximum Gasteiger partial charge on any atom is 0.305 e. The number of benzene rings is 1. The zero-order valence-corrected chi connectivity index (χ0v) is 11.3. The first-order valence-electron chi connectivity index (χ1n) is 5.68. The van der Waals surface area contributed by atoms with Gasteiger partial charge in [-0.25, -0.2) is 0 Å². The van der Waals surface area contributed by atoms with E-state index < -0.39 is 5.97 Å². The Morgan fingerprint density at radius 2 is 1.94 bits per heavy atom. The zero-order valence-electron chi connectivity index (χ0n) is 10.5. The standard InChI is InChI=1S/C13H17NO3S/c1-9-3-5-11(6-4-9)18-8-12(15)14-10(2)7-13(16)17/h3-6,10H,7-8H2,1-2H3,(H,14,15)(H,16,17)/t10-/m1/s1. The van der Waals surface area contributed by atoms with Gasteiger partial charge in [-0.2, -0.15) is 0 Å². The first-order valence-corrected chi connectivity index (χ1v) is 6.66. The summed E-state index contributed by atoms with van der Waals surface area (Å²) in [5.41, 5.74) is 1.18. The number of carbonyl (C=O) groups is 2. The van der Waals surface area contributed by atoms with Crippen molar-refractivity contribution in [2.75, 3.05) is 5.75 Å². The summed E-state index contributed by atoms with van der Waals surface area (Å²) in [5, 5.41) is 11.2. The van der Waals surface area contributed by atoms with Crippen molar-refractivity contribution in [1.29, 1.82) is 0 Å². The van der Waals surface area contributed by atoms with Gasteiger partial charge in [0.2, 0.25) is 5.91 Å². The molecule has 0 aliphatic carbocycles. The normalized spacial score (nSPS) is 11.9. The Bertz CT molecular complexity index is 417. The second kappa shape index (κ2) is 7.06. The van der Waals surface area contributed by atoms with Crippen molar-refractivity contribution in [3.05, 3.63) is 29.8 Å². The molecule has 0 saturated heterocycles. The highest BCUT2D eigenvalue weighted by molar-refractivity contribution is 8.00. The second-order valence-corrected chi connectivity index (χ2v) is 5.22. The highest BCUT2D eigenvalue weighted by atomic mass is 32.2. The number of carbonyl (C=O) groups excluding carboxylic acids is 1. The molecule has 5 heteroatoms. The monoisotopic (exact) mass is 267 g/mol. The molecule has 98 valence electrons. The second-order valence-electron chi connectivity index (χ2n) is 4.17. The van der Waals surface area contributed by atoms with Crippen LogP contribution in [0.5, 0.6) is 0 Å². The van der Waals surface area contributed by atoms with Crippen molar-refractivity contribution in [1.82, 2.24) is 5.32 Å². The van der Waals surface area contributed by atoms with Crippen molar-refractivity contribution in [2.24, 2.45) is 0 Å². The van der Waals surface area contributed by atoms with Crippen LogP contribution in [0, 0.1) is 6.92 Å². The molecule has 0 aromatic heterocycles. The van der Waals surface area contributed by atoms with Gasteiger partial charge in [0.15, 0.2) is 0 Å². The van der Waals surface area contributed by atoms with Crippen LogP contribution in [0.1, 0.15) is 18.9 Å². The van der Waals surface area contributed by atoms with Gasteiger partial charge in [0.1, 0.15) is 0 Å². The van der Waals surface area contributed by atoms with E-state index >= 15 is 0 Å². The van der Waals surface area contributed by atoms with Gasteiger partial charge in [-0.3, -0.25) is 9.59 Å². The lowest BCUT2D eigenvalue weighted by atomic mass is 10.2. The fourth-order valence-corrected chi connectivity index (χ4v) is 2.12. The molecule has 1 aromatic rings. The first-order chi connectivity index (χ1) is 8.47. The molecular weight excluding hydrogens is 250 g/mol. The van der Waals surface area contributed by atoms with E-state index in [9.17, 15) is 9.59 Å². The number of aryl methyl sites for hydroxylation is 1. The predicted molar refractivity (Wildman–Crippen MR) is 71.8 cm³/mol. The number of carboxylic acids is 1. The quantitative estimate of drug-likeness (QED) is 0.774. The Morgan fingerprint density at radius 3 is 2.50 bits per heavy atom. The Hall–Kier alpha value is -1.49. The summed E-state index contributed by atoms with van der Waals surface area (Å²) in [6.07, 6.45) is -0.0546. The van der Waals surface area contributed by atoms with Crippen LogP contribution >= 0.6 is 11.8 Å². The third-order valence-corrected chi connectivity index (χ3v) is 3.29. The van der Waals surface area contributed by atoms with Gasteiger partial charge in [-0.05, 0) is 26.0 Å². The number of hydrogen-bond acceptors (Lipinski definition) is 3. The van der Waals surface area contributed by atoms with Crippen LogP contribution in [-0.4, -0.2) is 28.8 Å². The molecule has 0 spiro atoms. The Balaban J connectivity index is 2.32. The summed E-state index contributed by atoms with van der Waals surface area (Å²) >= 11 is 1.44. The van der Waals surface area contributed by atoms with Crippen LogP contribution in [0.4, 0.5) is 0 Å². The SMILES string of the molecule is Cc1ccc(SCC(=O)N[C@H](C)CC(=O)O)cc1. The summed E-state index contributed by atoms with van der Waals surface area (Å²) in [5.74, 6) is -0.754. The van der Waals surface area contributed by atoms with Gasteiger partial charge in [0.05, 0.1) is 12.2 Å². The van der Waals surface area contributed by atoms with E-state index in [1.54, 1.807) is 6.92 Å². The van der Waals surface area contributed by atoms with Gasteiger partial charge in [0, 0.05) is 10.9 Å². The number of aliphatic carboxylic acids is 1. The van der Waals surface area contributed by atoms with Crippen LogP contribution in [0.3, 0.4) is 0 Å². The Morgan fingerprint density at radius 1 is 1.33 bits per heavy atom. The van der Waals surface area contributed by atoms with E-state index in [4.69, 9.17) is 5.11 Å². The van der Waals surface area contributed by atoms with E-state index in [0.717, 1.165) is 4.90 Å². The maximum atomic E-state index is 11.6. The average Bonchev–Trinajstić information content (AvgIpc) is 2.27. The molecule has 1 rings (SSSR count). The van der Waals surface area contributed by atoms with Crippen molar-refractivity contribution < 1.29 is 14.7 Å². The van der Waals surface area contributed by atoms with Crippen LogP contribution < -0.4 is 5.32 Å². The van der Waals surface area contributed by atoms with E-state index in [-0.39, 0.29) is 18.4 Å². The molecule has 2 N–H and O–H groups in total. The third-order valence-electron chi connectivity index (χ3n) is 2.28. The van der Waals surface area contributed by atoms with Crippen LogP contribution in [0.2, 0.25) is 0 Å². The minimum absolute atomic E-state index is 0.0546. The minimum atomic E-state index is -0.908. The highest BCUT2D eigenvalue weighted by Crippen LogP contribution is 2.17. The topological polar surface area (TPSA) is 66.4 Å². The molecule has 18 heavy (non-hydrogen) atoms. The lowest BCUT2D eigenvalue weighted by molar-refractivity contribution is -0.137. The van der Waals surface area contributed by atoms with E-state index in [1.165, 1.54) is 17.3 Å².